The van der Waals surface area contributed by atoms with Gasteiger partial charge < -0.3 is 15.2 Å². The van der Waals surface area contributed by atoms with Crippen molar-refractivity contribution in [1.82, 2.24) is 5.32 Å². The molecule has 0 aromatic heterocycles. The SMILES string of the molecule is O=C(CCC1CCCC1)NC(=Cc1ccc(Oc2ccc(Cl)cc2)cc1)C(=O)O. The number of benzene rings is 2. The Morgan fingerprint density at radius 2 is 1.62 bits per heavy atom. The summed E-state index contributed by atoms with van der Waals surface area (Å²) in [6, 6.07) is 14.0. The van der Waals surface area contributed by atoms with E-state index in [4.69, 9.17) is 16.3 Å². The summed E-state index contributed by atoms with van der Waals surface area (Å²) in [4.78, 5) is 23.7. The van der Waals surface area contributed by atoms with Crippen molar-refractivity contribution in [2.45, 2.75) is 38.5 Å². The normalized spacial score (nSPS) is 14.6. The highest BCUT2D eigenvalue weighted by atomic mass is 35.5. The first-order valence-corrected chi connectivity index (χ1v) is 10.2. The lowest BCUT2D eigenvalue weighted by Crippen LogP contribution is -2.27. The van der Waals surface area contributed by atoms with Crippen LogP contribution in [0.15, 0.2) is 54.2 Å². The van der Waals surface area contributed by atoms with Crippen molar-refractivity contribution in [1.29, 1.82) is 0 Å². The van der Waals surface area contributed by atoms with Crippen LogP contribution in [-0.2, 0) is 9.59 Å². The average Bonchev–Trinajstić information content (AvgIpc) is 3.23. The van der Waals surface area contributed by atoms with E-state index in [0.717, 1.165) is 6.42 Å². The number of carbonyl (C=O) groups is 2. The van der Waals surface area contributed by atoms with Crippen molar-refractivity contribution in [3.8, 4) is 11.5 Å². The van der Waals surface area contributed by atoms with Gasteiger partial charge in [-0.05, 0) is 60.4 Å². The molecule has 2 aromatic rings. The maximum absolute atomic E-state index is 12.1. The molecule has 6 heteroatoms. The molecule has 1 saturated carbocycles. The Bertz CT molecular complexity index is 869. The second kappa shape index (κ2) is 10.1. The standard InChI is InChI=1S/C23H24ClNO4/c24-18-8-12-20(13-9-18)29-19-10-5-17(6-11-19)15-21(23(27)28)25-22(26)14-7-16-3-1-2-4-16/h5-6,8-13,15-16H,1-4,7,14H2,(H,25,26)(H,27,28). The van der Waals surface area contributed by atoms with Gasteiger partial charge >= 0.3 is 5.97 Å². The average molecular weight is 414 g/mol. The van der Waals surface area contributed by atoms with Crippen LogP contribution in [0.3, 0.4) is 0 Å². The number of rotatable bonds is 8. The molecule has 0 aliphatic heterocycles. The van der Waals surface area contributed by atoms with Gasteiger partial charge in [-0.2, -0.15) is 0 Å². The van der Waals surface area contributed by atoms with Crippen LogP contribution in [0.5, 0.6) is 11.5 Å². The van der Waals surface area contributed by atoms with Crippen LogP contribution in [0.2, 0.25) is 5.02 Å². The predicted molar refractivity (Wildman–Crippen MR) is 113 cm³/mol. The fourth-order valence-electron chi connectivity index (χ4n) is 3.44. The molecule has 2 N–H and O–H groups in total. The van der Waals surface area contributed by atoms with E-state index in [1.54, 1.807) is 48.5 Å². The van der Waals surface area contributed by atoms with Gasteiger partial charge in [-0.25, -0.2) is 4.79 Å². The third-order valence-electron chi connectivity index (χ3n) is 5.00. The summed E-state index contributed by atoms with van der Waals surface area (Å²) in [6.07, 6.45) is 7.40. The van der Waals surface area contributed by atoms with Crippen LogP contribution in [0.1, 0.15) is 44.1 Å². The van der Waals surface area contributed by atoms with Crippen molar-refractivity contribution >= 4 is 29.6 Å². The predicted octanol–water partition coefficient (Wildman–Crippen LogP) is 5.64. The maximum Gasteiger partial charge on any atom is 0.352 e. The number of ether oxygens (including phenoxy) is 1. The van der Waals surface area contributed by atoms with Crippen LogP contribution in [-0.4, -0.2) is 17.0 Å². The van der Waals surface area contributed by atoms with Crippen LogP contribution in [0.25, 0.3) is 6.08 Å². The highest BCUT2D eigenvalue weighted by Gasteiger charge is 2.17. The topological polar surface area (TPSA) is 75.6 Å². The summed E-state index contributed by atoms with van der Waals surface area (Å²) in [5.41, 5.74) is 0.523. The van der Waals surface area contributed by atoms with Gasteiger partial charge in [0.05, 0.1) is 0 Å². The number of halogens is 1. The molecule has 1 fully saturated rings. The zero-order valence-electron chi connectivity index (χ0n) is 16.1. The Hall–Kier alpha value is -2.79. The summed E-state index contributed by atoms with van der Waals surface area (Å²) >= 11 is 5.86. The zero-order valence-corrected chi connectivity index (χ0v) is 16.8. The van der Waals surface area contributed by atoms with Gasteiger partial charge in [-0.15, -0.1) is 0 Å². The number of amides is 1. The molecule has 2 aromatic carbocycles. The Kier molecular flexibility index (Phi) is 7.30. The smallest absolute Gasteiger partial charge is 0.352 e. The highest BCUT2D eigenvalue weighted by Crippen LogP contribution is 2.28. The third-order valence-corrected chi connectivity index (χ3v) is 5.25. The molecule has 0 atom stereocenters. The number of carboxylic acids is 1. The molecule has 0 heterocycles. The zero-order chi connectivity index (χ0) is 20.6. The van der Waals surface area contributed by atoms with E-state index in [2.05, 4.69) is 5.32 Å². The molecule has 0 saturated heterocycles. The van der Waals surface area contributed by atoms with Crippen molar-refractivity contribution in [3.05, 3.63) is 64.8 Å². The summed E-state index contributed by atoms with van der Waals surface area (Å²) in [6.45, 7) is 0. The van der Waals surface area contributed by atoms with Crippen molar-refractivity contribution < 1.29 is 19.4 Å². The molecule has 152 valence electrons. The third kappa shape index (κ3) is 6.64. The first-order chi connectivity index (χ1) is 14.0. The van der Waals surface area contributed by atoms with Crippen molar-refractivity contribution in [3.63, 3.8) is 0 Å². The maximum atomic E-state index is 12.1. The van der Waals surface area contributed by atoms with Gasteiger partial charge in [0.2, 0.25) is 5.91 Å². The molecule has 1 aliphatic rings. The van der Waals surface area contributed by atoms with Gasteiger partial charge in [0.25, 0.3) is 0 Å². The fourth-order valence-corrected chi connectivity index (χ4v) is 3.56. The number of hydrogen-bond acceptors (Lipinski definition) is 3. The Morgan fingerprint density at radius 3 is 2.21 bits per heavy atom. The van der Waals surface area contributed by atoms with Crippen molar-refractivity contribution in [2.75, 3.05) is 0 Å². The molecule has 0 bridgehead atoms. The Balaban J connectivity index is 1.59. The quantitative estimate of drug-likeness (QED) is 0.549. The van der Waals surface area contributed by atoms with Gasteiger partial charge in [-0.3, -0.25) is 4.79 Å². The molecule has 0 radical (unpaired) electrons. The lowest BCUT2D eigenvalue weighted by Gasteiger charge is -2.10. The summed E-state index contributed by atoms with van der Waals surface area (Å²) in [5, 5.41) is 12.6. The molecule has 0 unspecified atom stereocenters. The summed E-state index contributed by atoms with van der Waals surface area (Å²) in [7, 11) is 0. The molecule has 1 amide bonds. The van der Waals surface area contributed by atoms with Crippen LogP contribution >= 0.6 is 11.6 Å². The van der Waals surface area contributed by atoms with E-state index >= 15 is 0 Å². The molecule has 29 heavy (non-hydrogen) atoms. The molecule has 3 rings (SSSR count). The number of aliphatic carboxylic acids is 1. The fraction of sp³-hybridized carbons (Fsp3) is 0.304. The van der Waals surface area contributed by atoms with E-state index in [9.17, 15) is 14.7 Å². The van der Waals surface area contributed by atoms with Gasteiger partial charge in [0.15, 0.2) is 0 Å². The van der Waals surface area contributed by atoms with Gasteiger partial charge in [0.1, 0.15) is 17.2 Å². The van der Waals surface area contributed by atoms with Gasteiger partial charge in [0, 0.05) is 11.4 Å². The molecule has 1 aliphatic carbocycles. The Labute approximate surface area is 175 Å². The number of nitrogens with one attached hydrogen (secondary N) is 1. The molecular formula is C23H24ClNO4. The largest absolute Gasteiger partial charge is 0.477 e. The van der Waals surface area contributed by atoms with Crippen LogP contribution in [0, 0.1) is 5.92 Å². The monoisotopic (exact) mass is 413 g/mol. The molecule has 0 spiro atoms. The first kappa shape index (κ1) is 20.9. The molecular weight excluding hydrogens is 390 g/mol. The van der Waals surface area contributed by atoms with E-state index in [-0.39, 0.29) is 11.6 Å². The number of carboxylic acid groups (broad SMARTS) is 1. The molecule has 5 nitrogen and oxygen atoms in total. The van der Waals surface area contributed by atoms with Crippen molar-refractivity contribution in [2.24, 2.45) is 5.92 Å². The van der Waals surface area contributed by atoms with E-state index in [1.807, 2.05) is 0 Å². The number of hydrogen-bond donors (Lipinski definition) is 2. The second-order valence-corrected chi connectivity index (χ2v) is 7.66. The lowest BCUT2D eigenvalue weighted by molar-refractivity contribution is -0.134. The summed E-state index contributed by atoms with van der Waals surface area (Å²) in [5.74, 6) is 0.431. The van der Waals surface area contributed by atoms with Gasteiger partial charge in [-0.1, -0.05) is 49.4 Å². The van der Waals surface area contributed by atoms with Crippen LogP contribution < -0.4 is 10.1 Å². The van der Waals surface area contributed by atoms with E-state index < -0.39 is 5.97 Å². The second-order valence-electron chi connectivity index (χ2n) is 7.23. The highest BCUT2D eigenvalue weighted by molar-refractivity contribution is 6.30. The van der Waals surface area contributed by atoms with E-state index in [0.29, 0.717) is 34.4 Å². The summed E-state index contributed by atoms with van der Waals surface area (Å²) < 4.78 is 5.72. The Morgan fingerprint density at radius 1 is 1.03 bits per heavy atom. The first-order valence-electron chi connectivity index (χ1n) is 9.78. The lowest BCUT2D eigenvalue weighted by atomic mass is 10.0. The van der Waals surface area contributed by atoms with Crippen LogP contribution in [0.4, 0.5) is 0 Å². The minimum atomic E-state index is -1.17. The van der Waals surface area contributed by atoms with E-state index in [1.165, 1.54) is 31.8 Å². The number of carbonyl (C=O) groups excluding carboxylic acids is 1. The minimum Gasteiger partial charge on any atom is -0.477 e. The minimum absolute atomic E-state index is 0.132.